The van der Waals surface area contributed by atoms with E-state index >= 15 is 0 Å². The van der Waals surface area contributed by atoms with E-state index in [0.717, 1.165) is 16.7 Å². The second kappa shape index (κ2) is 7.23. The van der Waals surface area contributed by atoms with Crippen LogP contribution >= 0.6 is 0 Å². The lowest BCUT2D eigenvalue weighted by Gasteiger charge is -2.34. The van der Waals surface area contributed by atoms with E-state index in [9.17, 15) is 4.39 Å². The van der Waals surface area contributed by atoms with Gasteiger partial charge in [-0.25, -0.2) is 8.96 Å². The monoisotopic (exact) mass is 390 g/mol. The molecule has 0 unspecified atom stereocenters. The van der Waals surface area contributed by atoms with Crippen LogP contribution in [0, 0.1) is 32.0 Å². The average molecular weight is 391 g/mol. The number of aryl methyl sites for hydroxylation is 2. The minimum atomic E-state index is -0.0864. The topological polar surface area (TPSA) is 3.88 Å². The third-order valence-corrected chi connectivity index (χ3v) is 7.23. The van der Waals surface area contributed by atoms with E-state index in [2.05, 4.69) is 55.9 Å². The Morgan fingerprint density at radius 2 is 1.66 bits per heavy atom. The highest BCUT2D eigenvalue weighted by atomic mass is 19.1. The Bertz CT molecular complexity index is 1080. The molecule has 2 aromatic carbocycles. The molecule has 1 heterocycles. The summed E-state index contributed by atoms with van der Waals surface area (Å²) in [7, 11) is 2.08. The van der Waals surface area contributed by atoms with Gasteiger partial charge in [-0.2, -0.15) is 0 Å². The molecule has 3 aromatic rings. The van der Waals surface area contributed by atoms with Gasteiger partial charge in [0.25, 0.3) is 0 Å². The minimum absolute atomic E-state index is 0.0864. The second-order valence-corrected chi connectivity index (χ2v) is 9.87. The van der Waals surface area contributed by atoms with Gasteiger partial charge in [-0.15, -0.1) is 0 Å². The van der Waals surface area contributed by atoms with Gasteiger partial charge >= 0.3 is 0 Å². The SMILES string of the molecule is Cc1cc(-c2c3ccc(C4CCC(C)(C)CC4)cc3cc[n+]2C)c(C)c(C)c1F. The van der Waals surface area contributed by atoms with Crippen molar-refractivity contribution in [1.82, 2.24) is 0 Å². The highest BCUT2D eigenvalue weighted by Crippen LogP contribution is 2.43. The van der Waals surface area contributed by atoms with Crippen LogP contribution < -0.4 is 4.57 Å². The zero-order valence-electron chi connectivity index (χ0n) is 18.7. The van der Waals surface area contributed by atoms with Crippen LogP contribution in [0.15, 0.2) is 36.5 Å². The molecule has 152 valence electrons. The fourth-order valence-corrected chi connectivity index (χ4v) is 5.01. The molecule has 2 heteroatoms. The number of benzene rings is 2. The molecule has 0 saturated heterocycles. The van der Waals surface area contributed by atoms with Crippen molar-refractivity contribution < 1.29 is 8.96 Å². The lowest BCUT2D eigenvalue weighted by molar-refractivity contribution is -0.659. The van der Waals surface area contributed by atoms with Crippen molar-refractivity contribution in [2.24, 2.45) is 12.5 Å². The Morgan fingerprint density at radius 3 is 2.34 bits per heavy atom. The summed E-state index contributed by atoms with van der Waals surface area (Å²) in [5.41, 5.74) is 6.74. The van der Waals surface area contributed by atoms with Crippen LogP contribution in [0.3, 0.4) is 0 Å². The number of fused-ring (bicyclic) bond motifs is 1. The van der Waals surface area contributed by atoms with E-state index in [1.807, 2.05) is 26.8 Å². The number of aromatic nitrogens is 1. The van der Waals surface area contributed by atoms with Crippen LogP contribution in [-0.2, 0) is 7.05 Å². The summed E-state index contributed by atoms with van der Waals surface area (Å²) < 4.78 is 16.6. The van der Waals surface area contributed by atoms with Crippen LogP contribution in [-0.4, -0.2) is 0 Å². The molecule has 0 radical (unpaired) electrons. The summed E-state index contributed by atoms with van der Waals surface area (Å²) >= 11 is 0. The molecule has 0 N–H and O–H groups in total. The number of hydrogen-bond acceptors (Lipinski definition) is 0. The second-order valence-electron chi connectivity index (χ2n) is 9.87. The molecule has 1 aliphatic carbocycles. The van der Waals surface area contributed by atoms with Crippen LogP contribution in [0.5, 0.6) is 0 Å². The van der Waals surface area contributed by atoms with Crippen molar-refractivity contribution in [3.63, 3.8) is 0 Å². The number of pyridine rings is 1. The van der Waals surface area contributed by atoms with Crippen LogP contribution in [0.2, 0.25) is 0 Å². The first kappa shape index (κ1) is 20.1. The summed E-state index contributed by atoms with van der Waals surface area (Å²) in [5, 5.41) is 2.52. The van der Waals surface area contributed by atoms with Crippen molar-refractivity contribution in [3.05, 3.63) is 64.6 Å². The number of rotatable bonds is 2. The van der Waals surface area contributed by atoms with Gasteiger partial charge in [-0.3, -0.25) is 0 Å². The van der Waals surface area contributed by atoms with Crippen molar-refractivity contribution in [2.75, 3.05) is 0 Å². The maximum atomic E-state index is 14.4. The lowest BCUT2D eigenvalue weighted by Crippen LogP contribution is -2.31. The largest absolute Gasteiger partial charge is 0.220 e. The Kier molecular flexibility index (Phi) is 5.01. The Labute approximate surface area is 174 Å². The summed E-state index contributed by atoms with van der Waals surface area (Å²) in [4.78, 5) is 0. The van der Waals surface area contributed by atoms with Gasteiger partial charge < -0.3 is 0 Å². The van der Waals surface area contributed by atoms with Gasteiger partial charge in [0.2, 0.25) is 5.69 Å². The Hall–Kier alpha value is -2.22. The zero-order valence-corrected chi connectivity index (χ0v) is 18.7. The molecule has 1 saturated carbocycles. The standard InChI is InChI=1S/C27H33FN/c1-17-15-24(18(2)19(3)25(17)28)26-23-8-7-21(16-22(23)11-14-29(26)6)20-9-12-27(4,5)13-10-20/h7-8,11,14-16,20H,9-10,12-13H2,1-6H3/q+1. The molecule has 0 aliphatic heterocycles. The van der Waals surface area contributed by atoms with Crippen LogP contribution in [0.25, 0.3) is 22.0 Å². The first-order valence-electron chi connectivity index (χ1n) is 10.9. The molecule has 1 nitrogen and oxygen atoms in total. The van der Waals surface area contributed by atoms with E-state index in [1.165, 1.54) is 47.7 Å². The predicted molar refractivity (Wildman–Crippen MR) is 120 cm³/mol. The molecular formula is C27H33FN+. The van der Waals surface area contributed by atoms with E-state index < -0.39 is 0 Å². The fraction of sp³-hybridized carbons (Fsp3) is 0.444. The molecule has 4 rings (SSSR count). The van der Waals surface area contributed by atoms with Gasteiger partial charge in [0, 0.05) is 6.07 Å². The molecule has 0 atom stereocenters. The number of nitrogens with zero attached hydrogens (tertiary/aromatic N) is 1. The van der Waals surface area contributed by atoms with Gasteiger partial charge in [-0.05, 0) is 97.6 Å². The molecule has 29 heavy (non-hydrogen) atoms. The minimum Gasteiger partial charge on any atom is -0.206 e. The highest BCUT2D eigenvalue weighted by Gasteiger charge is 2.28. The number of halogens is 1. The summed E-state index contributed by atoms with van der Waals surface area (Å²) in [6.45, 7) is 10.6. The third kappa shape index (κ3) is 3.58. The molecule has 1 aliphatic rings. The molecular weight excluding hydrogens is 357 g/mol. The van der Waals surface area contributed by atoms with Crippen molar-refractivity contribution in [3.8, 4) is 11.3 Å². The van der Waals surface area contributed by atoms with E-state index in [0.29, 0.717) is 16.9 Å². The number of hydrogen-bond donors (Lipinski definition) is 0. The summed E-state index contributed by atoms with van der Waals surface area (Å²) in [6, 6.07) is 11.2. The lowest BCUT2D eigenvalue weighted by atomic mass is 9.71. The zero-order chi connectivity index (χ0) is 20.9. The van der Waals surface area contributed by atoms with Crippen molar-refractivity contribution in [1.29, 1.82) is 0 Å². The van der Waals surface area contributed by atoms with Crippen LogP contribution in [0.1, 0.15) is 67.7 Å². The maximum absolute atomic E-state index is 14.4. The van der Waals surface area contributed by atoms with E-state index in [1.54, 1.807) is 0 Å². The normalized spacial score (nSPS) is 17.1. The molecule has 0 bridgehead atoms. The Morgan fingerprint density at radius 1 is 0.966 bits per heavy atom. The Balaban J connectivity index is 1.82. The third-order valence-electron chi connectivity index (χ3n) is 7.23. The summed E-state index contributed by atoms with van der Waals surface area (Å²) in [6.07, 6.45) is 7.30. The first-order chi connectivity index (χ1) is 13.7. The van der Waals surface area contributed by atoms with E-state index in [4.69, 9.17) is 0 Å². The van der Waals surface area contributed by atoms with Crippen LogP contribution in [0.4, 0.5) is 4.39 Å². The quantitative estimate of drug-likeness (QED) is 0.412. The van der Waals surface area contributed by atoms with Gasteiger partial charge in [-0.1, -0.05) is 26.0 Å². The van der Waals surface area contributed by atoms with Crippen molar-refractivity contribution >= 4 is 10.8 Å². The smallest absolute Gasteiger partial charge is 0.206 e. The van der Waals surface area contributed by atoms with Crippen molar-refractivity contribution in [2.45, 2.75) is 66.2 Å². The van der Waals surface area contributed by atoms with Gasteiger partial charge in [0.1, 0.15) is 12.9 Å². The average Bonchev–Trinajstić information content (AvgIpc) is 2.69. The summed E-state index contributed by atoms with van der Waals surface area (Å²) in [5.74, 6) is 0.582. The van der Waals surface area contributed by atoms with E-state index in [-0.39, 0.29) is 5.82 Å². The van der Waals surface area contributed by atoms with Gasteiger partial charge in [0.15, 0.2) is 6.20 Å². The molecule has 1 fully saturated rings. The predicted octanol–water partition coefficient (Wildman–Crippen LogP) is 7.08. The first-order valence-corrected chi connectivity index (χ1v) is 10.9. The van der Waals surface area contributed by atoms with Gasteiger partial charge in [0.05, 0.1) is 10.9 Å². The highest BCUT2D eigenvalue weighted by molar-refractivity contribution is 5.94. The maximum Gasteiger partial charge on any atom is 0.220 e. The molecule has 0 amide bonds. The fourth-order valence-electron chi connectivity index (χ4n) is 5.01. The molecule has 0 spiro atoms. The molecule has 1 aromatic heterocycles.